The number of likely N-dealkylation sites (tertiary alicyclic amines) is 1. The van der Waals surface area contributed by atoms with Crippen LogP contribution in [0.4, 0.5) is 4.79 Å². The van der Waals surface area contributed by atoms with Crippen molar-refractivity contribution >= 4 is 17.9 Å². The largest absolute Gasteiger partial charge is 0.444 e. The van der Waals surface area contributed by atoms with Crippen molar-refractivity contribution in [1.82, 2.24) is 10.2 Å². The van der Waals surface area contributed by atoms with Crippen LogP contribution in [0.3, 0.4) is 0 Å². The number of hydrogen-bond donors (Lipinski definition) is 1. The minimum Gasteiger partial charge on any atom is -0.444 e. The lowest BCUT2D eigenvalue weighted by Crippen LogP contribution is -2.43. The molecule has 2 saturated heterocycles. The zero-order valence-electron chi connectivity index (χ0n) is 11.6. The van der Waals surface area contributed by atoms with E-state index in [-0.39, 0.29) is 6.09 Å². The van der Waals surface area contributed by atoms with Gasteiger partial charge in [-0.2, -0.15) is 11.8 Å². The van der Waals surface area contributed by atoms with Gasteiger partial charge in [0.1, 0.15) is 5.60 Å². The second kappa shape index (κ2) is 5.70. The number of carbonyl (C=O) groups excluding carboxylic acids is 1. The van der Waals surface area contributed by atoms with Gasteiger partial charge in [-0.3, -0.25) is 0 Å². The fourth-order valence-corrected chi connectivity index (χ4v) is 3.75. The van der Waals surface area contributed by atoms with Gasteiger partial charge in [-0.05, 0) is 33.6 Å². The third-order valence-corrected chi connectivity index (χ3v) is 4.77. The summed E-state index contributed by atoms with van der Waals surface area (Å²) in [6, 6.07) is 0.566. The number of thioether (sulfide) groups is 1. The molecule has 0 spiro atoms. The summed E-state index contributed by atoms with van der Waals surface area (Å²) in [4.78, 5) is 13.9. The molecule has 2 aliphatic rings. The molecule has 2 fully saturated rings. The van der Waals surface area contributed by atoms with Crippen LogP contribution in [-0.4, -0.2) is 53.3 Å². The highest BCUT2D eigenvalue weighted by Gasteiger charge is 2.31. The molecule has 2 rings (SSSR count). The lowest BCUT2D eigenvalue weighted by Gasteiger charge is -2.30. The SMILES string of the molecule is CC(C)(C)OC(=O)N1CCC2NCCSC2CC1. The van der Waals surface area contributed by atoms with Gasteiger partial charge in [0.05, 0.1) is 0 Å². The van der Waals surface area contributed by atoms with Gasteiger partial charge in [0.2, 0.25) is 0 Å². The minimum absolute atomic E-state index is 0.161. The van der Waals surface area contributed by atoms with Crippen LogP contribution >= 0.6 is 11.8 Å². The van der Waals surface area contributed by atoms with Gasteiger partial charge in [-0.15, -0.1) is 0 Å². The van der Waals surface area contributed by atoms with E-state index >= 15 is 0 Å². The molecule has 104 valence electrons. The number of rotatable bonds is 0. The van der Waals surface area contributed by atoms with E-state index in [4.69, 9.17) is 4.74 Å². The smallest absolute Gasteiger partial charge is 0.410 e. The Morgan fingerprint density at radius 2 is 2.06 bits per heavy atom. The highest BCUT2D eigenvalue weighted by molar-refractivity contribution is 8.00. The van der Waals surface area contributed by atoms with E-state index in [0.717, 1.165) is 32.5 Å². The topological polar surface area (TPSA) is 41.6 Å². The van der Waals surface area contributed by atoms with Crippen LogP contribution in [-0.2, 0) is 4.74 Å². The molecular formula is C13H24N2O2S. The summed E-state index contributed by atoms with van der Waals surface area (Å²) in [5.74, 6) is 1.19. The summed E-state index contributed by atoms with van der Waals surface area (Å²) < 4.78 is 5.45. The quantitative estimate of drug-likeness (QED) is 0.733. The Bertz CT molecular complexity index is 288. The van der Waals surface area contributed by atoms with Gasteiger partial charge < -0.3 is 15.0 Å². The van der Waals surface area contributed by atoms with Crippen molar-refractivity contribution in [2.45, 2.75) is 50.5 Å². The van der Waals surface area contributed by atoms with Crippen molar-refractivity contribution < 1.29 is 9.53 Å². The summed E-state index contributed by atoms with van der Waals surface area (Å²) in [5, 5.41) is 4.23. The summed E-state index contributed by atoms with van der Waals surface area (Å²) in [7, 11) is 0. The van der Waals surface area contributed by atoms with E-state index in [0.29, 0.717) is 11.3 Å². The normalized spacial score (nSPS) is 29.4. The number of carbonyl (C=O) groups is 1. The number of ether oxygens (including phenoxy) is 1. The van der Waals surface area contributed by atoms with E-state index in [9.17, 15) is 4.79 Å². The standard InChI is InChI=1S/C13H24N2O2S/c1-13(2,3)17-12(16)15-7-4-10-11(5-8-15)18-9-6-14-10/h10-11,14H,4-9H2,1-3H3. The fourth-order valence-electron chi connectivity index (χ4n) is 2.47. The van der Waals surface area contributed by atoms with Gasteiger partial charge in [0.15, 0.2) is 0 Å². The lowest BCUT2D eigenvalue weighted by atomic mass is 10.1. The zero-order chi connectivity index (χ0) is 13.2. The van der Waals surface area contributed by atoms with Crippen molar-refractivity contribution in [3.63, 3.8) is 0 Å². The molecule has 5 heteroatoms. The molecule has 0 saturated carbocycles. The van der Waals surface area contributed by atoms with Crippen LogP contribution < -0.4 is 5.32 Å². The predicted molar refractivity (Wildman–Crippen MR) is 75.1 cm³/mol. The van der Waals surface area contributed by atoms with E-state index in [1.165, 1.54) is 5.75 Å². The molecule has 2 heterocycles. The lowest BCUT2D eigenvalue weighted by molar-refractivity contribution is 0.0256. The maximum absolute atomic E-state index is 12.0. The van der Waals surface area contributed by atoms with E-state index < -0.39 is 5.60 Å². The second-order valence-electron chi connectivity index (χ2n) is 6.01. The van der Waals surface area contributed by atoms with Crippen molar-refractivity contribution in [1.29, 1.82) is 0 Å². The monoisotopic (exact) mass is 272 g/mol. The molecule has 0 radical (unpaired) electrons. The molecule has 1 amide bonds. The van der Waals surface area contributed by atoms with Gasteiger partial charge in [0.25, 0.3) is 0 Å². The van der Waals surface area contributed by atoms with Crippen molar-refractivity contribution in [2.24, 2.45) is 0 Å². The van der Waals surface area contributed by atoms with E-state index in [1.807, 2.05) is 37.4 Å². The average molecular weight is 272 g/mol. The Balaban J connectivity index is 1.90. The molecule has 0 aliphatic carbocycles. The number of hydrogen-bond acceptors (Lipinski definition) is 4. The summed E-state index contributed by atoms with van der Waals surface area (Å²) in [6.07, 6.45) is 1.95. The first-order valence-corrected chi connectivity index (χ1v) is 7.83. The second-order valence-corrected chi connectivity index (χ2v) is 7.36. The van der Waals surface area contributed by atoms with Crippen LogP contribution in [0, 0.1) is 0 Å². The zero-order valence-corrected chi connectivity index (χ0v) is 12.4. The molecule has 0 bridgehead atoms. The first kappa shape index (κ1) is 14.0. The third-order valence-electron chi connectivity index (χ3n) is 3.33. The highest BCUT2D eigenvalue weighted by atomic mass is 32.2. The Morgan fingerprint density at radius 1 is 1.33 bits per heavy atom. The molecule has 18 heavy (non-hydrogen) atoms. The molecule has 2 unspecified atom stereocenters. The van der Waals surface area contributed by atoms with Gasteiger partial charge in [0, 0.05) is 36.7 Å². The third kappa shape index (κ3) is 3.79. The molecular weight excluding hydrogens is 248 g/mol. The van der Waals surface area contributed by atoms with Crippen LogP contribution in [0.5, 0.6) is 0 Å². The minimum atomic E-state index is -0.400. The van der Waals surface area contributed by atoms with E-state index in [1.54, 1.807) is 0 Å². The number of nitrogens with zero attached hydrogens (tertiary/aromatic N) is 1. The Hall–Kier alpha value is -0.420. The van der Waals surface area contributed by atoms with Gasteiger partial charge in [-0.25, -0.2) is 4.79 Å². The highest BCUT2D eigenvalue weighted by Crippen LogP contribution is 2.27. The fraction of sp³-hybridized carbons (Fsp3) is 0.923. The van der Waals surface area contributed by atoms with E-state index in [2.05, 4.69) is 5.32 Å². The Kier molecular flexibility index (Phi) is 4.43. The predicted octanol–water partition coefficient (Wildman–Crippen LogP) is 2.09. The average Bonchev–Trinajstić information content (AvgIpc) is 2.49. The number of fused-ring (bicyclic) bond motifs is 1. The van der Waals surface area contributed by atoms with Crippen molar-refractivity contribution in [3.8, 4) is 0 Å². The summed E-state index contributed by atoms with van der Waals surface area (Å²) >= 11 is 2.05. The summed E-state index contributed by atoms with van der Waals surface area (Å²) in [5.41, 5.74) is -0.400. The Morgan fingerprint density at radius 3 is 2.78 bits per heavy atom. The van der Waals surface area contributed by atoms with Crippen LogP contribution in [0.15, 0.2) is 0 Å². The maximum atomic E-state index is 12.0. The first-order valence-electron chi connectivity index (χ1n) is 6.78. The Labute approximate surface area is 114 Å². The molecule has 2 atom stereocenters. The summed E-state index contributed by atoms with van der Waals surface area (Å²) in [6.45, 7) is 8.48. The molecule has 0 aromatic rings. The van der Waals surface area contributed by atoms with Crippen molar-refractivity contribution in [2.75, 3.05) is 25.4 Å². The molecule has 4 nitrogen and oxygen atoms in total. The number of nitrogens with one attached hydrogen (secondary N) is 1. The molecule has 0 aromatic heterocycles. The molecule has 1 N–H and O–H groups in total. The van der Waals surface area contributed by atoms with Crippen molar-refractivity contribution in [3.05, 3.63) is 0 Å². The molecule has 2 aliphatic heterocycles. The first-order chi connectivity index (χ1) is 8.46. The molecule has 0 aromatic carbocycles. The van der Waals surface area contributed by atoms with Gasteiger partial charge >= 0.3 is 6.09 Å². The van der Waals surface area contributed by atoms with Gasteiger partial charge in [-0.1, -0.05) is 0 Å². The van der Waals surface area contributed by atoms with Crippen LogP contribution in [0.2, 0.25) is 0 Å². The maximum Gasteiger partial charge on any atom is 0.410 e. The number of amides is 1. The van der Waals surface area contributed by atoms with Crippen LogP contribution in [0.25, 0.3) is 0 Å². The van der Waals surface area contributed by atoms with Crippen LogP contribution in [0.1, 0.15) is 33.6 Å².